The standard InChI is InChI=1S/C41H81NO4/c1-10-29-42(30-23-19-15-11-13-17-21-25-38(43)45-32-27-36(2)34-40(4,5)6)31-24-20-16-12-14-18-22-26-39(44)46-33-28-37(3)35-41(7,8)9/h36-37H,10-35H2,1-9H3. The van der Waals surface area contributed by atoms with Crippen LogP contribution in [0, 0.1) is 22.7 Å². The van der Waals surface area contributed by atoms with Gasteiger partial charge in [-0.15, -0.1) is 0 Å². The van der Waals surface area contributed by atoms with E-state index in [-0.39, 0.29) is 11.9 Å². The molecule has 274 valence electrons. The van der Waals surface area contributed by atoms with Crippen LogP contribution in [0.1, 0.15) is 197 Å². The van der Waals surface area contributed by atoms with Crippen LogP contribution in [0.25, 0.3) is 0 Å². The molecule has 0 saturated heterocycles. The van der Waals surface area contributed by atoms with Gasteiger partial charge in [0.2, 0.25) is 0 Å². The smallest absolute Gasteiger partial charge is 0.305 e. The van der Waals surface area contributed by atoms with Crippen LogP contribution in [0.3, 0.4) is 0 Å². The lowest BCUT2D eigenvalue weighted by Crippen LogP contribution is -2.27. The van der Waals surface area contributed by atoms with Crippen molar-refractivity contribution in [2.75, 3.05) is 32.8 Å². The minimum absolute atomic E-state index is 0.0134. The van der Waals surface area contributed by atoms with E-state index < -0.39 is 0 Å². The normalized spacial score (nSPS) is 13.6. The van der Waals surface area contributed by atoms with Crippen molar-refractivity contribution >= 4 is 11.9 Å². The lowest BCUT2D eigenvalue weighted by atomic mass is 9.84. The van der Waals surface area contributed by atoms with Gasteiger partial charge in [0.1, 0.15) is 0 Å². The Morgan fingerprint density at radius 3 is 1.17 bits per heavy atom. The summed E-state index contributed by atoms with van der Waals surface area (Å²) in [4.78, 5) is 26.7. The largest absolute Gasteiger partial charge is 0.466 e. The van der Waals surface area contributed by atoms with Crippen molar-refractivity contribution in [2.45, 2.75) is 197 Å². The second-order valence-corrected chi connectivity index (χ2v) is 17.0. The van der Waals surface area contributed by atoms with Gasteiger partial charge in [0.05, 0.1) is 13.2 Å². The van der Waals surface area contributed by atoms with Crippen molar-refractivity contribution in [3.05, 3.63) is 0 Å². The number of hydrogen-bond acceptors (Lipinski definition) is 5. The second-order valence-electron chi connectivity index (χ2n) is 17.0. The first-order valence-corrected chi connectivity index (χ1v) is 19.8. The van der Waals surface area contributed by atoms with Gasteiger partial charge in [0.15, 0.2) is 0 Å². The molecule has 0 N–H and O–H groups in total. The highest BCUT2D eigenvalue weighted by Crippen LogP contribution is 2.26. The summed E-state index contributed by atoms with van der Waals surface area (Å²) in [6.45, 7) is 25.3. The molecule has 0 bridgehead atoms. The summed E-state index contributed by atoms with van der Waals surface area (Å²) < 4.78 is 10.9. The number of ether oxygens (including phenoxy) is 2. The lowest BCUT2D eigenvalue weighted by molar-refractivity contribution is -0.145. The van der Waals surface area contributed by atoms with Crippen LogP contribution in [0.4, 0.5) is 0 Å². The third-order valence-electron chi connectivity index (χ3n) is 8.92. The summed E-state index contributed by atoms with van der Waals surface area (Å²) in [5.74, 6) is 1.17. The predicted octanol–water partition coefficient (Wildman–Crippen LogP) is 12.0. The average Bonchev–Trinajstić information content (AvgIpc) is 2.93. The minimum Gasteiger partial charge on any atom is -0.466 e. The second kappa shape index (κ2) is 27.8. The monoisotopic (exact) mass is 652 g/mol. The van der Waals surface area contributed by atoms with E-state index in [0.29, 0.717) is 48.7 Å². The van der Waals surface area contributed by atoms with Gasteiger partial charge < -0.3 is 14.4 Å². The van der Waals surface area contributed by atoms with E-state index in [9.17, 15) is 9.59 Å². The molecule has 0 aliphatic carbocycles. The van der Waals surface area contributed by atoms with E-state index in [1.807, 2.05) is 0 Å². The van der Waals surface area contributed by atoms with Crippen molar-refractivity contribution < 1.29 is 19.1 Å². The molecule has 0 heterocycles. The number of carbonyl (C=O) groups excluding carboxylic acids is 2. The van der Waals surface area contributed by atoms with Crippen LogP contribution in [-0.2, 0) is 19.1 Å². The SMILES string of the molecule is CCCN(CCCCCCCCCC(=O)OCCC(C)CC(C)(C)C)CCCCCCCCCC(=O)OCCC(C)CC(C)(C)C. The predicted molar refractivity (Wildman–Crippen MR) is 198 cm³/mol. The average molecular weight is 652 g/mol. The molecule has 0 spiro atoms. The Hall–Kier alpha value is -1.10. The summed E-state index contributed by atoms with van der Waals surface area (Å²) in [6, 6.07) is 0. The molecule has 0 rings (SSSR count). The number of carbonyl (C=O) groups is 2. The molecule has 2 unspecified atom stereocenters. The van der Waals surface area contributed by atoms with E-state index in [1.165, 1.54) is 103 Å². The molecule has 0 aromatic heterocycles. The Balaban J connectivity index is 3.64. The minimum atomic E-state index is -0.0134. The quantitative estimate of drug-likeness (QED) is 0.0571. The Morgan fingerprint density at radius 2 is 0.848 bits per heavy atom. The van der Waals surface area contributed by atoms with Gasteiger partial charge in [0, 0.05) is 12.8 Å². The molecular formula is C41H81NO4. The molecule has 0 aromatic rings. The Bertz CT molecular complexity index is 665. The number of hydrogen-bond donors (Lipinski definition) is 0. The van der Waals surface area contributed by atoms with Gasteiger partial charge in [-0.05, 0) is 100 Å². The van der Waals surface area contributed by atoms with Crippen molar-refractivity contribution in [1.82, 2.24) is 4.90 Å². The van der Waals surface area contributed by atoms with E-state index in [4.69, 9.17) is 9.47 Å². The summed E-state index contributed by atoms with van der Waals surface area (Å²) in [6.07, 6.45) is 23.8. The topological polar surface area (TPSA) is 55.8 Å². The maximum absolute atomic E-state index is 12.0. The first-order chi connectivity index (χ1) is 21.7. The van der Waals surface area contributed by atoms with Gasteiger partial charge in [-0.25, -0.2) is 0 Å². The molecule has 0 aliphatic heterocycles. The number of unbranched alkanes of at least 4 members (excludes halogenated alkanes) is 12. The van der Waals surface area contributed by atoms with Gasteiger partial charge in [-0.2, -0.15) is 0 Å². The zero-order valence-corrected chi connectivity index (χ0v) is 32.6. The maximum atomic E-state index is 12.0. The molecule has 0 amide bonds. The molecule has 46 heavy (non-hydrogen) atoms. The van der Waals surface area contributed by atoms with Crippen LogP contribution in [0.15, 0.2) is 0 Å². The number of esters is 2. The van der Waals surface area contributed by atoms with E-state index in [0.717, 1.165) is 38.5 Å². The van der Waals surface area contributed by atoms with Crippen LogP contribution in [0.2, 0.25) is 0 Å². The fraction of sp³-hybridized carbons (Fsp3) is 0.951. The lowest BCUT2D eigenvalue weighted by Gasteiger charge is -2.23. The zero-order valence-electron chi connectivity index (χ0n) is 32.6. The Morgan fingerprint density at radius 1 is 0.522 bits per heavy atom. The molecule has 0 radical (unpaired) electrons. The summed E-state index contributed by atoms with van der Waals surface area (Å²) in [7, 11) is 0. The maximum Gasteiger partial charge on any atom is 0.305 e. The molecule has 5 nitrogen and oxygen atoms in total. The van der Waals surface area contributed by atoms with Gasteiger partial charge in [0.25, 0.3) is 0 Å². The van der Waals surface area contributed by atoms with Crippen molar-refractivity contribution in [2.24, 2.45) is 22.7 Å². The van der Waals surface area contributed by atoms with Crippen LogP contribution >= 0.6 is 0 Å². The third-order valence-corrected chi connectivity index (χ3v) is 8.92. The molecule has 0 aromatic carbocycles. The summed E-state index contributed by atoms with van der Waals surface area (Å²) >= 11 is 0. The molecule has 0 aliphatic rings. The van der Waals surface area contributed by atoms with Gasteiger partial charge in [-0.1, -0.05) is 127 Å². The number of nitrogens with zero attached hydrogens (tertiary/aromatic N) is 1. The van der Waals surface area contributed by atoms with E-state index in [2.05, 4.69) is 67.2 Å². The molecule has 2 atom stereocenters. The summed E-state index contributed by atoms with van der Waals surface area (Å²) in [5, 5.41) is 0. The fourth-order valence-electron chi connectivity index (χ4n) is 6.82. The van der Waals surface area contributed by atoms with Crippen LogP contribution in [0.5, 0.6) is 0 Å². The summed E-state index contributed by atoms with van der Waals surface area (Å²) in [5.41, 5.74) is 0.678. The van der Waals surface area contributed by atoms with Crippen LogP contribution in [-0.4, -0.2) is 49.7 Å². The van der Waals surface area contributed by atoms with Crippen molar-refractivity contribution in [3.8, 4) is 0 Å². The Kier molecular flexibility index (Phi) is 27.1. The van der Waals surface area contributed by atoms with Crippen LogP contribution < -0.4 is 0 Å². The molecule has 0 fully saturated rings. The zero-order chi connectivity index (χ0) is 34.7. The first-order valence-electron chi connectivity index (χ1n) is 19.8. The van der Waals surface area contributed by atoms with E-state index >= 15 is 0 Å². The van der Waals surface area contributed by atoms with Crippen molar-refractivity contribution in [1.29, 1.82) is 0 Å². The highest BCUT2D eigenvalue weighted by atomic mass is 16.5. The third kappa shape index (κ3) is 32.8. The fourth-order valence-corrected chi connectivity index (χ4v) is 6.82. The van der Waals surface area contributed by atoms with Gasteiger partial charge in [-0.3, -0.25) is 9.59 Å². The molecular weight excluding hydrogens is 570 g/mol. The Labute approximate surface area is 288 Å². The number of rotatable bonds is 30. The highest BCUT2D eigenvalue weighted by molar-refractivity contribution is 5.69. The molecule has 0 saturated carbocycles. The van der Waals surface area contributed by atoms with Gasteiger partial charge >= 0.3 is 11.9 Å². The van der Waals surface area contributed by atoms with Crippen molar-refractivity contribution in [3.63, 3.8) is 0 Å². The van der Waals surface area contributed by atoms with E-state index in [1.54, 1.807) is 0 Å². The first kappa shape index (κ1) is 44.9. The molecule has 5 heteroatoms. The highest BCUT2D eigenvalue weighted by Gasteiger charge is 2.16.